The largest absolute Gasteiger partial charge is 0.378 e. The molecule has 0 saturated carbocycles. The number of nitrogens with one attached hydrogen (secondary N) is 1. The maximum atomic E-state index is 14.0. The summed E-state index contributed by atoms with van der Waals surface area (Å²) in [7, 11) is 0. The number of nitrogens with zero attached hydrogens (tertiary/aromatic N) is 4. The van der Waals surface area contributed by atoms with Gasteiger partial charge in [-0.25, -0.2) is 9.38 Å². The van der Waals surface area contributed by atoms with Crippen LogP contribution in [0.3, 0.4) is 0 Å². The van der Waals surface area contributed by atoms with Gasteiger partial charge in [0.2, 0.25) is 18.2 Å². The summed E-state index contributed by atoms with van der Waals surface area (Å²) in [4.78, 5) is 12.8. The molecular weight excluding hydrogens is 383 g/mol. The zero-order valence-corrected chi connectivity index (χ0v) is 15.8. The second-order valence-electron chi connectivity index (χ2n) is 6.38. The molecule has 1 fully saturated rings. The van der Waals surface area contributed by atoms with Crippen LogP contribution in [-0.2, 0) is 4.74 Å². The van der Waals surface area contributed by atoms with E-state index in [9.17, 15) is 4.39 Å². The van der Waals surface area contributed by atoms with Crippen LogP contribution in [0.25, 0.3) is 0 Å². The number of benzene rings is 2. The quantitative estimate of drug-likeness (QED) is 0.825. The second kappa shape index (κ2) is 8.04. The van der Waals surface area contributed by atoms with Crippen LogP contribution in [-0.4, -0.2) is 49.4 Å². The van der Waals surface area contributed by atoms with Gasteiger partial charge in [-0.15, -0.1) is 0 Å². The Kier molecular flexibility index (Phi) is 5.31. The highest BCUT2D eigenvalue weighted by atomic mass is 35.5. The van der Waals surface area contributed by atoms with Gasteiger partial charge in [-0.3, -0.25) is 4.90 Å². The number of hydrogen-bond donors (Lipinski definition) is 2. The molecule has 0 aromatic heterocycles. The van der Waals surface area contributed by atoms with Crippen LogP contribution in [0.4, 0.5) is 15.8 Å². The minimum atomic E-state index is -0.615. The van der Waals surface area contributed by atoms with Gasteiger partial charge in [0.1, 0.15) is 5.82 Å². The zero-order chi connectivity index (χ0) is 19.5. The van der Waals surface area contributed by atoms with Crippen molar-refractivity contribution in [3.63, 3.8) is 0 Å². The van der Waals surface area contributed by atoms with Crippen molar-refractivity contribution in [1.82, 2.24) is 4.90 Å². The van der Waals surface area contributed by atoms with E-state index in [1.54, 1.807) is 18.2 Å². The maximum absolute atomic E-state index is 14.0. The van der Waals surface area contributed by atoms with Gasteiger partial charge in [-0.05, 0) is 36.4 Å². The van der Waals surface area contributed by atoms with Crippen molar-refractivity contribution in [1.29, 1.82) is 0 Å². The van der Waals surface area contributed by atoms with Crippen LogP contribution < -0.4 is 16.0 Å². The van der Waals surface area contributed by atoms with E-state index in [0.29, 0.717) is 43.0 Å². The molecule has 2 aliphatic heterocycles. The topological polar surface area (TPSA) is 78.5 Å². The first kappa shape index (κ1) is 18.5. The van der Waals surface area contributed by atoms with Crippen molar-refractivity contribution in [2.45, 2.75) is 6.29 Å². The first-order valence-corrected chi connectivity index (χ1v) is 9.29. The summed E-state index contributed by atoms with van der Waals surface area (Å²) in [6.07, 6.45) is -0.615. The SMILES string of the molecule is NC1=NC(Nc2cccc(Cl)c2)N(c2cccc(F)c2)C(N2CCOCC2)=N1. The highest BCUT2D eigenvalue weighted by Gasteiger charge is 2.32. The second-order valence-corrected chi connectivity index (χ2v) is 6.81. The molecule has 0 amide bonds. The number of nitrogens with two attached hydrogens (primary N) is 1. The van der Waals surface area contributed by atoms with Crippen LogP contribution in [0.5, 0.6) is 0 Å². The average molecular weight is 403 g/mol. The lowest BCUT2D eigenvalue weighted by atomic mass is 10.2. The number of hydrogen-bond acceptors (Lipinski definition) is 7. The smallest absolute Gasteiger partial charge is 0.222 e. The number of anilines is 2. The number of aliphatic imine (C=N–C) groups is 2. The third-order valence-electron chi connectivity index (χ3n) is 4.43. The summed E-state index contributed by atoms with van der Waals surface area (Å²) in [5.41, 5.74) is 7.39. The van der Waals surface area contributed by atoms with E-state index in [2.05, 4.69) is 20.2 Å². The summed E-state index contributed by atoms with van der Waals surface area (Å²) in [5, 5.41) is 3.90. The predicted molar refractivity (Wildman–Crippen MR) is 109 cm³/mol. The molecule has 0 radical (unpaired) electrons. The minimum Gasteiger partial charge on any atom is -0.378 e. The first-order chi connectivity index (χ1) is 13.6. The van der Waals surface area contributed by atoms with Crippen molar-refractivity contribution in [3.8, 4) is 0 Å². The highest BCUT2D eigenvalue weighted by molar-refractivity contribution is 6.30. The Morgan fingerprint density at radius 1 is 1.14 bits per heavy atom. The molecule has 2 aliphatic rings. The van der Waals surface area contributed by atoms with E-state index in [1.165, 1.54) is 12.1 Å². The molecule has 1 atom stereocenters. The molecule has 1 unspecified atom stereocenters. The minimum absolute atomic E-state index is 0.147. The Hall–Kier alpha value is -2.84. The van der Waals surface area contributed by atoms with Crippen molar-refractivity contribution >= 4 is 34.9 Å². The standard InChI is InChI=1S/C19H20ClFN6O/c20-13-3-1-5-15(11-13)23-18-24-17(22)25-19(26-7-9-28-10-8-26)27(18)16-6-2-4-14(21)12-16/h1-6,11-12,18,23H,7-10H2,(H2,22,24). The van der Waals surface area contributed by atoms with E-state index in [-0.39, 0.29) is 11.8 Å². The number of rotatable bonds is 3. The molecule has 7 nitrogen and oxygen atoms in total. The maximum Gasteiger partial charge on any atom is 0.222 e. The lowest BCUT2D eigenvalue weighted by molar-refractivity contribution is 0.0671. The van der Waals surface area contributed by atoms with Gasteiger partial charge in [0, 0.05) is 23.8 Å². The monoisotopic (exact) mass is 402 g/mol. The summed E-state index contributed by atoms with van der Waals surface area (Å²) in [6, 6.07) is 13.6. The van der Waals surface area contributed by atoms with Gasteiger partial charge >= 0.3 is 0 Å². The summed E-state index contributed by atoms with van der Waals surface area (Å²) in [5.74, 6) is 0.400. The van der Waals surface area contributed by atoms with Crippen molar-refractivity contribution < 1.29 is 9.13 Å². The normalized spacial score (nSPS) is 19.9. The van der Waals surface area contributed by atoms with Crippen LogP contribution in [0.1, 0.15) is 0 Å². The fraction of sp³-hybridized carbons (Fsp3) is 0.263. The molecule has 0 aliphatic carbocycles. The van der Waals surface area contributed by atoms with E-state index < -0.39 is 6.29 Å². The van der Waals surface area contributed by atoms with Gasteiger partial charge in [-0.1, -0.05) is 23.7 Å². The molecule has 2 aromatic carbocycles. The van der Waals surface area contributed by atoms with Crippen molar-refractivity contribution in [3.05, 3.63) is 59.4 Å². The van der Waals surface area contributed by atoms with E-state index >= 15 is 0 Å². The summed E-state index contributed by atoms with van der Waals surface area (Å²) in [6.45, 7) is 2.47. The van der Waals surface area contributed by atoms with Crippen molar-refractivity contribution in [2.75, 3.05) is 36.5 Å². The van der Waals surface area contributed by atoms with Gasteiger partial charge in [0.15, 0.2) is 0 Å². The Morgan fingerprint density at radius 2 is 1.93 bits per heavy atom. The molecule has 3 N–H and O–H groups in total. The molecule has 1 saturated heterocycles. The Labute approximate surface area is 167 Å². The molecule has 0 spiro atoms. The van der Waals surface area contributed by atoms with E-state index in [1.807, 2.05) is 23.1 Å². The summed E-state index contributed by atoms with van der Waals surface area (Å²) >= 11 is 6.11. The van der Waals surface area contributed by atoms with Crippen LogP contribution in [0.15, 0.2) is 58.5 Å². The highest BCUT2D eigenvalue weighted by Crippen LogP contribution is 2.26. The van der Waals surface area contributed by atoms with Gasteiger partial charge in [0.05, 0.1) is 18.9 Å². The first-order valence-electron chi connectivity index (χ1n) is 8.92. The Morgan fingerprint density at radius 3 is 2.68 bits per heavy atom. The van der Waals surface area contributed by atoms with E-state index in [4.69, 9.17) is 22.1 Å². The molecular formula is C19H20ClFN6O. The lowest BCUT2D eigenvalue weighted by Crippen LogP contribution is -2.57. The number of halogens is 2. The lowest BCUT2D eigenvalue weighted by Gasteiger charge is -2.41. The molecule has 0 bridgehead atoms. The van der Waals surface area contributed by atoms with E-state index in [0.717, 1.165) is 5.69 Å². The number of guanidine groups is 2. The van der Waals surface area contributed by atoms with Crippen LogP contribution in [0.2, 0.25) is 5.02 Å². The van der Waals surface area contributed by atoms with Crippen LogP contribution >= 0.6 is 11.6 Å². The third kappa shape index (κ3) is 4.02. The van der Waals surface area contributed by atoms with Gasteiger partial charge in [0.25, 0.3) is 0 Å². The Balaban J connectivity index is 1.73. The third-order valence-corrected chi connectivity index (χ3v) is 4.66. The molecule has 4 rings (SSSR count). The molecule has 2 aromatic rings. The molecule has 28 heavy (non-hydrogen) atoms. The number of ether oxygens (including phenoxy) is 1. The van der Waals surface area contributed by atoms with Gasteiger partial charge in [-0.2, -0.15) is 4.99 Å². The fourth-order valence-corrected chi connectivity index (χ4v) is 3.36. The van der Waals surface area contributed by atoms with Gasteiger partial charge < -0.3 is 20.7 Å². The van der Waals surface area contributed by atoms with Crippen LogP contribution in [0, 0.1) is 5.82 Å². The Bertz CT molecular complexity index is 915. The fourth-order valence-electron chi connectivity index (χ4n) is 3.17. The predicted octanol–water partition coefficient (Wildman–Crippen LogP) is 2.70. The molecule has 2 heterocycles. The summed E-state index contributed by atoms with van der Waals surface area (Å²) < 4.78 is 19.4. The van der Waals surface area contributed by atoms with Crippen molar-refractivity contribution in [2.24, 2.45) is 15.7 Å². The average Bonchev–Trinajstić information content (AvgIpc) is 2.68. The molecule has 9 heteroatoms. The number of morpholine rings is 1. The zero-order valence-electron chi connectivity index (χ0n) is 15.1. The molecule has 146 valence electrons.